The number of anilines is 1. The van der Waals surface area contributed by atoms with Crippen LogP contribution >= 0.6 is 11.3 Å². The van der Waals surface area contributed by atoms with E-state index in [1.807, 2.05) is 30.3 Å². The lowest BCUT2D eigenvalue weighted by Gasteiger charge is -2.30. The Morgan fingerprint density at radius 2 is 2.14 bits per heavy atom. The van der Waals surface area contributed by atoms with E-state index in [0.29, 0.717) is 23.8 Å². The number of piperidine rings is 1. The van der Waals surface area contributed by atoms with Gasteiger partial charge in [0.25, 0.3) is 11.5 Å². The molecule has 4 rings (SSSR count). The van der Waals surface area contributed by atoms with E-state index < -0.39 is 11.5 Å². The molecular weight excluding hydrogens is 374 g/mol. The normalized spacial score (nSPS) is 17.0. The van der Waals surface area contributed by atoms with Crippen molar-refractivity contribution in [3.8, 4) is 0 Å². The zero-order valence-electron chi connectivity index (χ0n) is 15.8. The fraction of sp³-hybridized carbons (Fsp3) is 0.400. The van der Waals surface area contributed by atoms with E-state index in [9.17, 15) is 9.59 Å². The molecule has 0 bridgehead atoms. The molecule has 1 atom stereocenters. The summed E-state index contributed by atoms with van der Waals surface area (Å²) in [4.78, 5) is 32.2. The molecule has 28 heavy (non-hydrogen) atoms. The molecule has 2 aromatic heterocycles. The summed E-state index contributed by atoms with van der Waals surface area (Å²) in [6.07, 6.45) is 4.40. The van der Waals surface area contributed by atoms with Crippen molar-refractivity contribution < 1.29 is 4.79 Å². The minimum absolute atomic E-state index is 0.0226. The van der Waals surface area contributed by atoms with Gasteiger partial charge in [0.1, 0.15) is 5.56 Å². The van der Waals surface area contributed by atoms with Crippen molar-refractivity contribution >= 4 is 27.3 Å². The van der Waals surface area contributed by atoms with E-state index in [4.69, 9.17) is 0 Å². The molecule has 0 radical (unpaired) electrons. The average molecular weight is 398 g/mol. The van der Waals surface area contributed by atoms with E-state index in [1.165, 1.54) is 28.5 Å². The predicted octanol–water partition coefficient (Wildman–Crippen LogP) is 2.36. The Labute approximate surface area is 167 Å². The van der Waals surface area contributed by atoms with Crippen molar-refractivity contribution in [2.75, 3.05) is 24.5 Å². The summed E-state index contributed by atoms with van der Waals surface area (Å²) < 4.78 is 1.26. The van der Waals surface area contributed by atoms with Crippen molar-refractivity contribution in [1.82, 2.24) is 19.9 Å². The molecule has 7 nitrogen and oxygen atoms in total. The van der Waals surface area contributed by atoms with Gasteiger partial charge in [0.05, 0.1) is 0 Å². The van der Waals surface area contributed by atoms with Crippen LogP contribution in [0, 0.1) is 5.92 Å². The van der Waals surface area contributed by atoms with Gasteiger partial charge < -0.3 is 10.2 Å². The van der Waals surface area contributed by atoms with Gasteiger partial charge in [-0.1, -0.05) is 48.6 Å². The molecule has 1 N–H and O–H groups in total. The molecule has 0 aliphatic carbocycles. The van der Waals surface area contributed by atoms with Gasteiger partial charge in [-0.2, -0.15) is 4.52 Å². The molecule has 8 heteroatoms. The quantitative estimate of drug-likeness (QED) is 0.715. The highest BCUT2D eigenvalue weighted by atomic mass is 32.1. The van der Waals surface area contributed by atoms with Crippen LogP contribution in [0.15, 0.2) is 41.3 Å². The van der Waals surface area contributed by atoms with Crippen LogP contribution in [0.4, 0.5) is 5.13 Å². The number of nitrogens with one attached hydrogen (secondary N) is 1. The lowest BCUT2D eigenvalue weighted by Crippen LogP contribution is -2.35. The lowest BCUT2D eigenvalue weighted by atomic mass is 10.0. The second-order valence-corrected chi connectivity index (χ2v) is 8.18. The number of hydrogen-bond donors (Lipinski definition) is 1. The zero-order chi connectivity index (χ0) is 19.5. The van der Waals surface area contributed by atoms with E-state index >= 15 is 0 Å². The summed E-state index contributed by atoms with van der Waals surface area (Å²) in [5.41, 5.74) is 0.734. The Balaban J connectivity index is 1.49. The van der Waals surface area contributed by atoms with Crippen molar-refractivity contribution in [3.63, 3.8) is 0 Å². The highest BCUT2D eigenvalue weighted by Gasteiger charge is 2.22. The maximum absolute atomic E-state index is 12.8. The highest BCUT2D eigenvalue weighted by Crippen LogP contribution is 2.26. The van der Waals surface area contributed by atoms with Gasteiger partial charge in [0, 0.05) is 25.8 Å². The number of carbonyl (C=O) groups is 1. The number of aromatic nitrogens is 3. The molecule has 1 amide bonds. The summed E-state index contributed by atoms with van der Waals surface area (Å²) in [5.74, 6) is 0.195. The van der Waals surface area contributed by atoms with Crippen LogP contribution in [0.25, 0.3) is 4.96 Å². The number of nitrogens with zero attached hydrogens (tertiary/aromatic N) is 4. The van der Waals surface area contributed by atoms with E-state index in [0.717, 1.165) is 30.2 Å². The monoisotopic (exact) mass is 397 g/mol. The molecule has 1 unspecified atom stereocenters. The lowest BCUT2D eigenvalue weighted by molar-refractivity contribution is 0.0952. The largest absolute Gasteiger partial charge is 0.351 e. The first-order valence-corrected chi connectivity index (χ1v) is 10.4. The van der Waals surface area contributed by atoms with Gasteiger partial charge in [0.2, 0.25) is 10.1 Å². The third-order valence-corrected chi connectivity index (χ3v) is 5.97. The number of amides is 1. The smallest absolute Gasteiger partial charge is 0.288 e. The van der Waals surface area contributed by atoms with Crippen molar-refractivity contribution in [2.24, 2.45) is 5.92 Å². The Hall–Kier alpha value is -2.74. The van der Waals surface area contributed by atoms with Crippen LogP contribution in [0.1, 0.15) is 35.7 Å². The molecular formula is C20H23N5O2S. The second kappa shape index (κ2) is 8.10. The third-order valence-electron chi connectivity index (χ3n) is 4.99. The standard InChI is InChI=1S/C20H23N5O2S/c1-14-6-5-11-24(13-14)20-23-25-18(27)16(12-22-19(25)28-20)17(26)21-10-9-15-7-3-2-4-8-15/h2-4,7-8,12,14H,5-6,9-11,13H2,1H3,(H,21,26). The van der Waals surface area contributed by atoms with Crippen molar-refractivity contribution in [1.29, 1.82) is 0 Å². The van der Waals surface area contributed by atoms with Gasteiger partial charge in [-0.05, 0) is 30.7 Å². The summed E-state index contributed by atoms with van der Waals surface area (Å²) in [6, 6.07) is 9.89. The van der Waals surface area contributed by atoms with E-state index in [2.05, 4.69) is 27.2 Å². The van der Waals surface area contributed by atoms with Gasteiger partial charge in [0.15, 0.2) is 0 Å². The van der Waals surface area contributed by atoms with E-state index in [1.54, 1.807) is 0 Å². The molecule has 1 aliphatic rings. The van der Waals surface area contributed by atoms with Gasteiger partial charge >= 0.3 is 0 Å². The van der Waals surface area contributed by atoms with Crippen molar-refractivity contribution in [2.45, 2.75) is 26.2 Å². The molecule has 146 valence electrons. The molecule has 3 heterocycles. The summed E-state index contributed by atoms with van der Waals surface area (Å²) in [5, 5.41) is 8.04. The fourth-order valence-electron chi connectivity index (χ4n) is 3.48. The van der Waals surface area contributed by atoms with Crippen LogP contribution in [-0.2, 0) is 6.42 Å². The van der Waals surface area contributed by atoms with Crippen molar-refractivity contribution in [3.05, 3.63) is 58.0 Å². The molecule has 1 aromatic carbocycles. The number of fused-ring (bicyclic) bond motifs is 1. The maximum atomic E-state index is 12.8. The average Bonchev–Trinajstić information content (AvgIpc) is 3.14. The number of rotatable bonds is 5. The van der Waals surface area contributed by atoms with Crippen LogP contribution in [-0.4, -0.2) is 40.1 Å². The SMILES string of the molecule is CC1CCCN(c2nn3c(=O)c(C(=O)NCCc4ccccc4)cnc3s2)C1. The molecule has 1 fully saturated rings. The zero-order valence-corrected chi connectivity index (χ0v) is 16.6. The van der Waals surface area contributed by atoms with Gasteiger partial charge in [-0.15, -0.1) is 5.10 Å². The topological polar surface area (TPSA) is 79.6 Å². The van der Waals surface area contributed by atoms with Crippen LogP contribution < -0.4 is 15.8 Å². The Morgan fingerprint density at radius 1 is 1.32 bits per heavy atom. The maximum Gasteiger partial charge on any atom is 0.288 e. The first-order valence-electron chi connectivity index (χ1n) is 9.58. The Kier molecular flexibility index (Phi) is 5.38. The summed E-state index contributed by atoms with van der Waals surface area (Å²) >= 11 is 1.39. The Bertz CT molecular complexity index is 1030. The summed E-state index contributed by atoms with van der Waals surface area (Å²) in [7, 11) is 0. The molecule has 1 aliphatic heterocycles. The number of carbonyl (C=O) groups excluding carboxylic acids is 1. The fourth-order valence-corrected chi connectivity index (χ4v) is 4.38. The molecule has 0 spiro atoms. The Morgan fingerprint density at radius 3 is 2.93 bits per heavy atom. The highest BCUT2D eigenvalue weighted by molar-refractivity contribution is 7.20. The van der Waals surface area contributed by atoms with Gasteiger partial charge in [-0.25, -0.2) is 4.98 Å². The minimum Gasteiger partial charge on any atom is -0.351 e. The molecule has 1 saturated heterocycles. The first-order chi connectivity index (χ1) is 13.6. The van der Waals surface area contributed by atoms with Crippen LogP contribution in [0.3, 0.4) is 0 Å². The van der Waals surface area contributed by atoms with Crippen LogP contribution in [0.5, 0.6) is 0 Å². The third kappa shape index (κ3) is 3.91. The number of hydrogen-bond acceptors (Lipinski definition) is 6. The summed E-state index contributed by atoms with van der Waals surface area (Å²) in [6.45, 7) is 4.55. The van der Waals surface area contributed by atoms with Crippen LogP contribution in [0.2, 0.25) is 0 Å². The molecule has 0 saturated carbocycles. The second-order valence-electron chi connectivity index (χ2n) is 7.24. The van der Waals surface area contributed by atoms with E-state index in [-0.39, 0.29) is 5.56 Å². The predicted molar refractivity (Wildman–Crippen MR) is 110 cm³/mol. The first kappa shape index (κ1) is 18.6. The minimum atomic E-state index is -0.422. The number of benzene rings is 1. The molecule has 3 aromatic rings. The van der Waals surface area contributed by atoms with Gasteiger partial charge in [-0.3, -0.25) is 9.59 Å².